The Morgan fingerprint density at radius 1 is 1.24 bits per heavy atom. The lowest BCUT2D eigenvalue weighted by atomic mass is 10.0. The van der Waals surface area contributed by atoms with Crippen LogP contribution < -0.4 is 5.32 Å². The van der Waals surface area contributed by atoms with E-state index in [0.29, 0.717) is 6.04 Å². The van der Waals surface area contributed by atoms with Crippen LogP contribution in [0.2, 0.25) is 0 Å². The molecule has 21 heavy (non-hydrogen) atoms. The largest absolute Gasteiger partial charge is 0.314 e. The molecule has 1 atom stereocenters. The highest BCUT2D eigenvalue weighted by Crippen LogP contribution is 2.15. The highest BCUT2D eigenvalue weighted by atomic mass is 79.9. The van der Waals surface area contributed by atoms with Gasteiger partial charge in [-0.3, -0.25) is 4.68 Å². The highest BCUT2D eigenvalue weighted by Gasteiger charge is 2.13. The number of nitrogens with one attached hydrogen (secondary N) is 1. The Bertz CT molecular complexity index is 577. The van der Waals surface area contributed by atoms with Gasteiger partial charge in [-0.2, -0.15) is 5.10 Å². The van der Waals surface area contributed by atoms with E-state index in [0.717, 1.165) is 30.3 Å². The van der Waals surface area contributed by atoms with Crippen molar-refractivity contribution < 1.29 is 0 Å². The van der Waals surface area contributed by atoms with Crippen molar-refractivity contribution in [3.8, 4) is 0 Å². The van der Waals surface area contributed by atoms with E-state index in [4.69, 9.17) is 0 Å². The molecule has 1 N–H and O–H groups in total. The van der Waals surface area contributed by atoms with Crippen LogP contribution in [0.15, 0.2) is 34.8 Å². The molecular formula is C17H24BrN3. The average Bonchev–Trinajstić information content (AvgIpc) is 2.80. The molecule has 1 heterocycles. The number of hydrogen-bond acceptors (Lipinski definition) is 2. The summed E-state index contributed by atoms with van der Waals surface area (Å²) in [5.41, 5.74) is 3.83. The second kappa shape index (κ2) is 7.76. The Hall–Kier alpha value is -1.13. The fourth-order valence-corrected chi connectivity index (χ4v) is 3.09. The van der Waals surface area contributed by atoms with E-state index >= 15 is 0 Å². The Labute approximate surface area is 135 Å². The van der Waals surface area contributed by atoms with Crippen LogP contribution in [0.25, 0.3) is 0 Å². The fourth-order valence-electron chi connectivity index (χ4n) is 2.64. The van der Waals surface area contributed by atoms with Crippen LogP contribution >= 0.6 is 15.9 Å². The zero-order valence-corrected chi connectivity index (χ0v) is 14.7. The Balaban J connectivity index is 2.09. The Morgan fingerprint density at radius 3 is 2.67 bits per heavy atom. The molecule has 0 bridgehead atoms. The molecule has 0 radical (unpaired) electrons. The molecule has 114 valence electrons. The van der Waals surface area contributed by atoms with E-state index in [-0.39, 0.29) is 0 Å². The molecule has 0 saturated carbocycles. The first-order chi connectivity index (χ1) is 10.1. The van der Waals surface area contributed by atoms with Gasteiger partial charge in [0.2, 0.25) is 0 Å². The summed E-state index contributed by atoms with van der Waals surface area (Å²) in [6.07, 6.45) is 3.02. The lowest BCUT2D eigenvalue weighted by molar-refractivity contribution is 0.504. The molecule has 2 aromatic rings. The number of aryl methyl sites for hydroxylation is 2. The summed E-state index contributed by atoms with van der Waals surface area (Å²) in [6.45, 7) is 5.29. The zero-order valence-electron chi connectivity index (χ0n) is 13.1. The maximum atomic E-state index is 4.54. The molecule has 0 saturated heterocycles. The Kier molecular flexibility index (Phi) is 6.00. The lowest BCUT2D eigenvalue weighted by Crippen LogP contribution is -2.33. The summed E-state index contributed by atoms with van der Waals surface area (Å²) in [5, 5.41) is 8.14. The highest BCUT2D eigenvalue weighted by molar-refractivity contribution is 9.10. The molecule has 0 fully saturated rings. The maximum absolute atomic E-state index is 4.54. The maximum Gasteiger partial charge on any atom is 0.0624 e. The molecule has 1 aromatic carbocycles. The predicted octanol–water partition coefficient (Wildman–Crippen LogP) is 3.51. The summed E-state index contributed by atoms with van der Waals surface area (Å²) in [4.78, 5) is 0. The van der Waals surface area contributed by atoms with Gasteiger partial charge < -0.3 is 5.32 Å². The van der Waals surface area contributed by atoms with Crippen LogP contribution in [0.4, 0.5) is 0 Å². The van der Waals surface area contributed by atoms with Crippen LogP contribution in [0.3, 0.4) is 0 Å². The van der Waals surface area contributed by atoms with Gasteiger partial charge in [-0.25, -0.2) is 0 Å². The third-order valence-corrected chi connectivity index (χ3v) is 4.20. The van der Waals surface area contributed by atoms with E-state index in [2.05, 4.69) is 70.5 Å². The molecule has 1 unspecified atom stereocenters. The van der Waals surface area contributed by atoms with E-state index < -0.39 is 0 Å². The van der Waals surface area contributed by atoms with Crippen molar-refractivity contribution in [2.24, 2.45) is 7.05 Å². The van der Waals surface area contributed by atoms with Crippen molar-refractivity contribution in [3.05, 3.63) is 51.8 Å². The zero-order chi connectivity index (χ0) is 15.2. The fraction of sp³-hybridized carbons (Fsp3) is 0.471. The predicted molar refractivity (Wildman–Crippen MR) is 91.6 cm³/mol. The number of halogens is 1. The van der Waals surface area contributed by atoms with Crippen LogP contribution in [-0.4, -0.2) is 22.4 Å². The molecule has 2 rings (SSSR count). The molecule has 3 nitrogen and oxygen atoms in total. The van der Waals surface area contributed by atoms with Crippen molar-refractivity contribution >= 4 is 15.9 Å². The monoisotopic (exact) mass is 349 g/mol. The van der Waals surface area contributed by atoms with Crippen LogP contribution in [0.1, 0.15) is 30.8 Å². The number of nitrogens with zero attached hydrogens (tertiary/aromatic N) is 2. The number of aromatic nitrogens is 2. The van der Waals surface area contributed by atoms with E-state index in [1.165, 1.54) is 17.0 Å². The summed E-state index contributed by atoms with van der Waals surface area (Å²) >= 11 is 3.55. The number of benzene rings is 1. The van der Waals surface area contributed by atoms with Crippen molar-refractivity contribution in [3.63, 3.8) is 0 Å². The van der Waals surface area contributed by atoms with Crippen LogP contribution in [0.5, 0.6) is 0 Å². The van der Waals surface area contributed by atoms with Gasteiger partial charge in [0, 0.05) is 29.7 Å². The SMILES string of the molecule is CCNC(Cc1cccc(Br)c1)Cc1cc(CC)nn1C. The van der Waals surface area contributed by atoms with Gasteiger partial charge in [0.15, 0.2) is 0 Å². The molecule has 0 spiro atoms. The minimum atomic E-state index is 0.435. The minimum absolute atomic E-state index is 0.435. The first-order valence-electron chi connectivity index (χ1n) is 7.62. The third kappa shape index (κ3) is 4.68. The first kappa shape index (κ1) is 16.2. The van der Waals surface area contributed by atoms with Crippen molar-refractivity contribution in [1.29, 1.82) is 0 Å². The van der Waals surface area contributed by atoms with Gasteiger partial charge in [0.25, 0.3) is 0 Å². The van der Waals surface area contributed by atoms with E-state index in [1.54, 1.807) is 0 Å². The molecule has 0 aliphatic rings. The molecule has 4 heteroatoms. The van der Waals surface area contributed by atoms with Gasteiger partial charge in [-0.15, -0.1) is 0 Å². The van der Waals surface area contributed by atoms with Crippen LogP contribution in [0, 0.1) is 0 Å². The van der Waals surface area contributed by atoms with Crippen molar-refractivity contribution in [2.45, 2.75) is 39.2 Å². The summed E-state index contributed by atoms with van der Waals surface area (Å²) < 4.78 is 3.16. The van der Waals surface area contributed by atoms with E-state index in [1.807, 2.05) is 11.7 Å². The smallest absolute Gasteiger partial charge is 0.0624 e. The number of rotatable bonds is 7. The molecule has 0 aliphatic carbocycles. The molecule has 0 amide bonds. The summed E-state index contributed by atoms with van der Waals surface area (Å²) in [7, 11) is 2.04. The normalized spacial score (nSPS) is 12.6. The van der Waals surface area contributed by atoms with E-state index in [9.17, 15) is 0 Å². The first-order valence-corrected chi connectivity index (χ1v) is 8.41. The lowest BCUT2D eigenvalue weighted by Gasteiger charge is -2.18. The quantitative estimate of drug-likeness (QED) is 0.828. The second-order valence-electron chi connectivity index (χ2n) is 5.40. The number of hydrogen-bond donors (Lipinski definition) is 1. The molecular weight excluding hydrogens is 326 g/mol. The van der Waals surface area contributed by atoms with Gasteiger partial charge >= 0.3 is 0 Å². The van der Waals surface area contributed by atoms with Gasteiger partial charge in [-0.1, -0.05) is 41.9 Å². The summed E-state index contributed by atoms with van der Waals surface area (Å²) in [6, 6.07) is 11.2. The number of likely N-dealkylation sites (N-methyl/N-ethyl adjacent to an activating group) is 1. The van der Waals surface area contributed by atoms with Gasteiger partial charge in [0.05, 0.1) is 5.69 Å². The standard InChI is InChI=1S/C17H24BrN3/c1-4-15-11-17(21(3)20-15)12-16(19-5-2)10-13-7-6-8-14(18)9-13/h6-9,11,16,19H,4-5,10,12H2,1-3H3. The van der Waals surface area contributed by atoms with Crippen molar-refractivity contribution in [2.75, 3.05) is 6.54 Å². The molecule has 1 aromatic heterocycles. The second-order valence-corrected chi connectivity index (χ2v) is 6.31. The van der Waals surface area contributed by atoms with Crippen molar-refractivity contribution in [1.82, 2.24) is 15.1 Å². The summed E-state index contributed by atoms with van der Waals surface area (Å²) in [5.74, 6) is 0. The topological polar surface area (TPSA) is 29.9 Å². The Morgan fingerprint density at radius 2 is 2.05 bits per heavy atom. The van der Waals surface area contributed by atoms with Gasteiger partial charge in [-0.05, 0) is 43.1 Å². The minimum Gasteiger partial charge on any atom is -0.314 e. The third-order valence-electron chi connectivity index (χ3n) is 3.71. The van der Waals surface area contributed by atoms with Crippen LogP contribution in [-0.2, 0) is 26.3 Å². The van der Waals surface area contributed by atoms with Gasteiger partial charge in [0.1, 0.15) is 0 Å². The average molecular weight is 350 g/mol. The molecule has 0 aliphatic heterocycles.